The van der Waals surface area contributed by atoms with E-state index in [-0.39, 0.29) is 0 Å². The van der Waals surface area contributed by atoms with Crippen LogP contribution in [0.15, 0.2) is 110 Å². The fourth-order valence-electron chi connectivity index (χ4n) is 10.4. The molecular formula is C67H73ClN18S3. The van der Waals surface area contributed by atoms with Crippen LogP contribution in [-0.4, -0.2) is 124 Å². The highest BCUT2D eigenvalue weighted by atomic mass is 35.5. The molecule has 0 aliphatic carbocycles. The predicted molar refractivity (Wildman–Crippen MR) is 377 cm³/mol. The third-order valence-electron chi connectivity index (χ3n) is 15.2. The summed E-state index contributed by atoms with van der Waals surface area (Å²) in [4.78, 5) is 50.5. The lowest BCUT2D eigenvalue weighted by Gasteiger charge is -2.21. The molecule has 3 aromatic carbocycles. The van der Waals surface area contributed by atoms with E-state index in [0.717, 1.165) is 160 Å². The van der Waals surface area contributed by atoms with Gasteiger partial charge in [-0.3, -0.25) is 9.97 Å². The van der Waals surface area contributed by atoms with Crippen LogP contribution >= 0.6 is 48.3 Å². The van der Waals surface area contributed by atoms with Gasteiger partial charge in [-0.15, -0.1) is 0 Å². The van der Waals surface area contributed by atoms with Crippen molar-refractivity contribution in [3.63, 3.8) is 0 Å². The molecule has 0 saturated carbocycles. The largest absolute Gasteiger partial charge is 0.358 e. The van der Waals surface area contributed by atoms with Gasteiger partial charge in [-0.1, -0.05) is 72.5 Å². The molecular weight excluding hydrogens is 1190 g/mol. The Morgan fingerprint density at radius 1 is 0.483 bits per heavy atom. The Morgan fingerprint density at radius 3 is 1.51 bits per heavy atom. The molecule has 3 aliphatic heterocycles. The summed E-state index contributed by atoms with van der Waals surface area (Å²) in [5, 5.41) is 20.6. The van der Waals surface area contributed by atoms with Crippen LogP contribution in [0.3, 0.4) is 0 Å². The highest BCUT2D eigenvalue weighted by molar-refractivity contribution is 7.81. The van der Waals surface area contributed by atoms with Crippen molar-refractivity contribution in [3.8, 4) is 33.8 Å². The number of anilines is 10. The molecule has 0 fully saturated rings. The van der Waals surface area contributed by atoms with Crippen molar-refractivity contribution in [1.82, 2.24) is 54.7 Å². The Hall–Kier alpha value is -8.57. The second kappa shape index (κ2) is 28.3. The Morgan fingerprint density at radius 2 is 0.989 bits per heavy atom. The van der Waals surface area contributed by atoms with Gasteiger partial charge in [0.2, 0.25) is 17.8 Å². The summed E-state index contributed by atoms with van der Waals surface area (Å²) in [7, 11) is 10.4. The topological polar surface area (TPSA) is 198 Å². The van der Waals surface area contributed by atoms with E-state index in [1.54, 1.807) is 6.20 Å². The number of aromatic nitrogens is 9. The van der Waals surface area contributed by atoms with Crippen molar-refractivity contribution in [3.05, 3.63) is 171 Å². The van der Waals surface area contributed by atoms with Gasteiger partial charge in [0, 0.05) is 126 Å². The van der Waals surface area contributed by atoms with Crippen molar-refractivity contribution in [2.24, 2.45) is 0 Å². The highest BCUT2D eigenvalue weighted by Gasteiger charge is 2.24. The summed E-state index contributed by atoms with van der Waals surface area (Å²) in [6.07, 6.45) is 13.2. The van der Waals surface area contributed by atoms with E-state index in [4.69, 9.17) is 68.2 Å². The number of halogens is 1. The van der Waals surface area contributed by atoms with Crippen LogP contribution in [0.2, 0.25) is 5.02 Å². The quantitative estimate of drug-likeness (QED) is 0.0562. The van der Waals surface area contributed by atoms with Crippen LogP contribution < -0.4 is 36.8 Å². The second-order valence-electron chi connectivity index (χ2n) is 23.0. The fraction of sp³-hybridized carbons (Fsp3) is 0.284. The lowest BCUT2D eigenvalue weighted by atomic mass is 10.0. The number of hydrogen-bond acceptors (Lipinski definition) is 18. The number of thiocarbonyl (C=S) groups is 3. The summed E-state index contributed by atoms with van der Waals surface area (Å²) < 4.78 is 0. The molecule has 0 bridgehead atoms. The van der Waals surface area contributed by atoms with Crippen LogP contribution in [0.25, 0.3) is 33.8 Å². The number of fused-ring (bicyclic) bond motifs is 9. The average Bonchev–Trinajstić information content (AvgIpc) is 3.17. The maximum absolute atomic E-state index is 6.14. The number of pyridine rings is 3. The van der Waals surface area contributed by atoms with Crippen LogP contribution in [0.1, 0.15) is 62.4 Å². The minimum Gasteiger partial charge on any atom is -0.358 e. The number of nitrogens with one attached hydrogen (secondary N) is 6. The minimum absolute atomic E-state index is 0.525. The molecule has 9 heterocycles. The van der Waals surface area contributed by atoms with Gasteiger partial charge in [0.25, 0.3) is 0 Å². The van der Waals surface area contributed by atoms with Crippen molar-refractivity contribution in [1.29, 1.82) is 0 Å². The molecule has 3 aliphatic rings. The molecule has 12 rings (SSSR count). The second-order valence-corrected chi connectivity index (χ2v) is 25.0. The smallest absolute Gasteiger partial charge is 0.227 e. The van der Waals surface area contributed by atoms with Gasteiger partial charge in [-0.2, -0.15) is 0 Å². The normalized spacial score (nSPS) is 12.7. The van der Waals surface area contributed by atoms with E-state index < -0.39 is 0 Å². The third-order valence-corrected chi connectivity index (χ3v) is 16.2. The minimum atomic E-state index is 0.525. The molecule has 9 aromatic rings. The zero-order chi connectivity index (χ0) is 63.0. The zero-order valence-electron chi connectivity index (χ0n) is 52.0. The predicted octanol–water partition coefficient (Wildman–Crippen LogP) is 13.7. The zero-order valence-corrected chi connectivity index (χ0v) is 55.2. The number of benzene rings is 3. The van der Waals surface area contributed by atoms with Gasteiger partial charge < -0.3 is 46.6 Å². The molecule has 0 radical (unpaired) electrons. The van der Waals surface area contributed by atoms with Gasteiger partial charge >= 0.3 is 0 Å². The van der Waals surface area contributed by atoms with Gasteiger partial charge in [0.15, 0.2) is 0 Å². The lowest BCUT2D eigenvalue weighted by Crippen LogP contribution is -2.29. The molecule has 18 nitrogen and oxygen atoms in total. The van der Waals surface area contributed by atoms with E-state index in [1.807, 2.05) is 88.9 Å². The van der Waals surface area contributed by atoms with E-state index >= 15 is 0 Å². The maximum atomic E-state index is 6.14. The van der Waals surface area contributed by atoms with Crippen LogP contribution in [0, 0.1) is 41.5 Å². The SMILES string of the molecule is Cc1ccc2c(c1)NC(=S)Cc1cnc(Nc3cc(CCCN(C)C)cnc3C)nc1-2.Cc1ccc2c(c1)NC(=S)Cc1cnc(Nc3ccc(N(C)CCN(C)C)nc3C)nc1-2.Cc1ccnc(C)c1Nc1ncc2c(n1)-c1ccc(Cl)cc1NC(=S)C2. The Bertz CT molecular complexity index is 4140. The van der Waals surface area contributed by atoms with Crippen LogP contribution in [-0.2, 0) is 25.7 Å². The summed E-state index contributed by atoms with van der Waals surface area (Å²) in [6, 6.07) is 26.4. The molecule has 456 valence electrons. The molecule has 0 spiro atoms. The van der Waals surface area contributed by atoms with Crippen LogP contribution in [0.5, 0.6) is 0 Å². The average molecular weight is 1260 g/mol. The number of nitrogens with zero attached hydrogens (tertiary/aromatic N) is 12. The van der Waals surface area contributed by atoms with Crippen molar-refractivity contribution in [2.75, 3.05) is 91.7 Å². The molecule has 0 amide bonds. The lowest BCUT2D eigenvalue weighted by molar-refractivity contribution is 0.400. The summed E-state index contributed by atoms with van der Waals surface area (Å²) in [5.41, 5.74) is 21.7. The molecule has 22 heteroatoms. The van der Waals surface area contributed by atoms with Crippen LogP contribution in [0.4, 0.5) is 57.8 Å². The third kappa shape index (κ3) is 16.0. The molecule has 0 atom stereocenters. The van der Waals surface area contributed by atoms with Crippen molar-refractivity contribution < 1.29 is 0 Å². The van der Waals surface area contributed by atoms with E-state index in [9.17, 15) is 0 Å². The Balaban J connectivity index is 0.000000148. The first-order chi connectivity index (χ1) is 42.7. The van der Waals surface area contributed by atoms with E-state index in [0.29, 0.717) is 42.1 Å². The maximum Gasteiger partial charge on any atom is 0.227 e. The molecule has 6 N–H and O–H groups in total. The van der Waals surface area contributed by atoms with E-state index in [2.05, 4.69) is 163 Å². The number of hydrogen-bond donors (Lipinski definition) is 6. The summed E-state index contributed by atoms with van der Waals surface area (Å²) in [5.74, 6) is 2.58. The monoisotopic (exact) mass is 1260 g/mol. The fourth-order valence-corrected chi connectivity index (χ4v) is 11.4. The molecule has 6 aromatic heterocycles. The van der Waals surface area contributed by atoms with Gasteiger partial charge in [-0.05, 0) is 166 Å². The van der Waals surface area contributed by atoms with Gasteiger partial charge in [-0.25, -0.2) is 34.9 Å². The molecule has 0 unspecified atom stereocenters. The molecule has 89 heavy (non-hydrogen) atoms. The standard InChI is InChI=1S/C24H29N7S.C24H28N6S.C19H16ClN5S/c1-15-6-7-18-20(12-15)27-22(32)13-17-14-25-24(29-23(17)18)28-19-8-9-21(26-16(19)2)31(5)11-10-30(3)4;1-15-7-8-19-21(10-15)27-22(31)12-18-14-26-24(29-23(18)19)28-20-11-17(13-25-16(20)2)6-5-9-30(3)4;1-10-5-6-21-11(2)17(10)24-19-22-9-12-7-16(26)23-15-8-13(20)3-4-14(15)18(12)25-19/h6-9,12,14H,10-11,13H2,1-5H3,(H,27,32)(H,25,28,29);7-8,10-11,13-14H,5-6,9,12H2,1-4H3,(H,27,31)(H,26,28,29);3-6,8-9H,7H2,1-2H3,(H,23,26)(H,22,24,25). The highest BCUT2D eigenvalue weighted by Crippen LogP contribution is 2.38. The van der Waals surface area contributed by atoms with Gasteiger partial charge in [0.05, 0.1) is 66.2 Å². The number of likely N-dealkylation sites (N-methyl/N-ethyl adjacent to an activating group) is 2. The Kier molecular flexibility index (Phi) is 20.2. The first-order valence-electron chi connectivity index (χ1n) is 29.4. The van der Waals surface area contributed by atoms with Crippen molar-refractivity contribution in [2.45, 2.75) is 73.6 Å². The summed E-state index contributed by atoms with van der Waals surface area (Å²) >= 11 is 22.6. The Labute approximate surface area is 542 Å². The van der Waals surface area contributed by atoms with E-state index in [1.165, 1.54) is 16.7 Å². The summed E-state index contributed by atoms with van der Waals surface area (Å²) in [6.45, 7) is 15.1. The first kappa shape index (κ1) is 63.4. The number of aryl methyl sites for hydroxylation is 7. The van der Waals surface area contributed by atoms with Gasteiger partial charge in [0.1, 0.15) is 5.82 Å². The first-order valence-corrected chi connectivity index (χ1v) is 31.0. The molecule has 0 saturated heterocycles. The van der Waals surface area contributed by atoms with Crippen molar-refractivity contribution >= 4 is 121 Å². The number of rotatable bonds is 14.